The molecule has 1 atom stereocenters. The van der Waals surface area contributed by atoms with Crippen LogP contribution in [0.1, 0.15) is 17.4 Å². The molecule has 0 fully saturated rings. The fourth-order valence-electron chi connectivity index (χ4n) is 4.27. The van der Waals surface area contributed by atoms with Crippen LogP contribution in [0.15, 0.2) is 66.0 Å². The second-order valence-electron chi connectivity index (χ2n) is 6.86. The van der Waals surface area contributed by atoms with Gasteiger partial charge >= 0.3 is 0 Å². The van der Waals surface area contributed by atoms with E-state index >= 15 is 0 Å². The van der Waals surface area contributed by atoms with Gasteiger partial charge in [-0.3, -0.25) is 4.94 Å². The molecule has 0 aliphatic carbocycles. The van der Waals surface area contributed by atoms with Crippen molar-refractivity contribution in [1.82, 2.24) is 0 Å². The summed E-state index contributed by atoms with van der Waals surface area (Å²) in [5.41, 5.74) is 1.98. The van der Waals surface area contributed by atoms with Crippen molar-refractivity contribution in [2.75, 3.05) is 7.11 Å². The van der Waals surface area contributed by atoms with Crippen molar-refractivity contribution in [3.8, 4) is 0 Å². The van der Waals surface area contributed by atoms with E-state index in [0.29, 0.717) is 0 Å². The van der Waals surface area contributed by atoms with Gasteiger partial charge in [0.1, 0.15) is 0 Å². The first-order valence-corrected chi connectivity index (χ1v) is 9.10. The summed E-state index contributed by atoms with van der Waals surface area (Å²) in [6, 6.07) is 21.4. The number of aliphatic hydroxyl groups excluding tert-OH is 1. The van der Waals surface area contributed by atoms with Gasteiger partial charge in [-0.1, -0.05) is 60.7 Å². The highest BCUT2D eigenvalue weighted by atomic mass is 16.8. The predicted octanol–water partition coefficient (Wildman–Crippen LogP) is 5.24. The van der Waals surface area contributed by atoms with Gasteiger partial charge in [0.25, 0.3) is 0 Å². The van der Waals surface area contributed by atoms with Crippen molar-refractivity contribution < 1.29 is 14.8 Å². The summed E-state index contributed by atoms with van der Waals surface area (Å²) in [6.07, 6.45) is -0.920. The topological polar surface area (TPSA) is 94.1 Å². The van der Waals surface area contributed by atoms with E-state index in [0.717, 1.165) is 16.5 Å². The molecule has 0 spiro atoms. The van der Waals surface area contributed by atoms with E-state index in [1.807, 2.05) is 6.07 Å². The van der Waals surface area contributed by atoms with Crippen LogP contribution in [0.3, 0.4) is 0 Å². The van der Waals surface area contributed by atoms with Gasteiger partial charge in [0.05, 0.1) is 0 Å². The Bertz CT molecular complexity index is 1280. The lowest BCUT2D eigenvalue weighted by Crippen LogP contribution is -2.02. The van der Waals surface area contributed by atoms with Crippen molar-refractivity contribution in [3.05, 3.63) is 76.7 Å². The van der Waals surface area contributed by atoms with E-state index in [-0.39, 0.29) is 0 Å². The molecule has 0 amide bonds. The van der Waals surface area contributed by atoms with Crippen molar-refractivity contribution in [2.24, 2.45) is 11.2 Å². The second kappa shape index (κ2) is 7.60. The fraction of sp³-hybridized carbons (Fsp3) is 0.130. The Morgan fingerprint density at radius 3 is 1.97 bits per heavy atom. The Kier molecular flexibility index (Phi) is 4.98. The first kappa shape index (κ1) is 19.0. The van der Waals surface area contributed by atoms with Gasteiger partial charge < -0.3 is 9.84 Å². The number of ether oxygens (including phenoxy) is 1. The molecule has 146 valence electrons. The molecule has 0 aliphatic heterocycles. The number of rotatable bonds is 3. The molecule has 29 heavy (non-hydrogen) atoms. The quantitative estimate of drug-likeness (QED) is 0.145. The average molecular weight is 388 g/mol. The maximum Gasteiger partial charge on any atom is 0.181 e. The predicted molar refractivity (Wildman–Crippen MR) is 115 cm³/mol. The minimum atomic E-state index is -0.920. The molecule has 5 rings (SSSR count). The summed E-state index contributed by atoms with van der Waals surface area (Å²) in [4.78, 5) is 11.7. The molecule has 0 aromatic heterocycles. The highest BCUT2D eigenvalue weighted by Gasteiger charge is 2.18. The Balaban J connectivity index is 0.000000472. The van der Waals surface area contributed by atoms with E-state index in [2.05, 4.69) is 72.4 Å². The van der Waals surface area contributed by atoms with Crippen LogP contribution in [-0.2, 0) is 9.68 Å². The van der Waals surface area contributed by atoms with Gasteiger partial charge in [0.2, 0.25) is 0 Å². The molecule has 0 aliphatic rings. The lowest BCUT2D eigenvalue weighted by atomic mass is 9.87. The van der Waals surface area contributed by atoms with Crippen LogP contribution in [0.2, 0.25) is 0 Å². The highest BCUT2D eigenvalue weighted by molar-refractivity contribution is 6.33. The minimum Gasteiger partial charge on any atom is -0.364 e. The number of aryl methyl sites for hydroxylation is 1. The Morgan fingerprint density at radius 2 is 1.41 bits per heavy atom. The van der Waals surface area contributed by atoms with Crippen molar-refractivity contribution in [2.45, 2.75) is 13.2 Å². The standard InChI is InChI=1S/C23H18O2.H2N2O2/c1-13-9-10-17-15-7-3-5-14-6-4-8-16(21(14)15)18-11-12-19(23(24)25-2)20(13)22(17)18;1-4-2-3/h3-12,23-24H,1-2H3;1H2. The fourth-order valence-corrected chi connectivity index (χ4v) is 4.27. The highest BCUT2D eigenvalue weighted by Crippen LogP contribution is 2.42. The molecule has 0 radical (unpaired) electrons. The number of methoxy groups -OCH3 is 1. The van der Waals surface area contributed by atoms with Crippen LogP contribution in [0, 0.1) is 11.8 Å². The van der Waals surface area contributed by atoms with Crippen LogP contribution in [0.5, 0.6) is 0 Å². The third-order valence-corrected chi connectivity index (χ3v) is 5.42. The molecule has 5 aromatic carbocycles. The number of fused-ring (bicyclic) bond motifs is 2. The average Bonchev–Trinajstić information content (AvgIpc) is 2.77. The van der Waals surface area contributed by atoms with E-state index < -0.39 is 6.29 Å². The van der Waals surface area contributed by atoms with Crippen molar-refractivity contribution in [3.63, 3.8) is 0 Å². The van der Waals surface area contributed by atoms with Gasteiger partial charge in [-0.05, 0) is 55.6 Å². The summed E-state index contributed by atoms with van der Waals surface area (Å²) < 4.78 is 5.21. The number of benzene rings is 5. The van der Waals surface area contributed by atoms with Crippen LogP contribution in [0.4, 0.5) is 0 Å². The smallest absolute Gasteiger partial charge is 0.181 e. The molecule has 0 saturated carbocycles. The van der Waals surface area contributed by atoms with Gasteiger partial charge in [0, 0.05) is 12.7 Å². The van der Waals surface area contributed by atoms with E-state index in [9.17, 15) is 5.11 Å². The van der Waals surface area contributed by atoms with Gasteiger partial charge in [0.15, 0.2) is 11.6 Å². The van der Waals surface area contributed by atoms with Gasteiger partial charge in [-0.2, -0.15) is 0 Å². The second-order valence-corrected chi connectivity index (χ2v) is 6.86. The number of nitrogens with zero attached hydrogens (tertiary/aromatic N) is 1. The number of hydrogen-bond donors (Lipinski definition) is 2. The molecule has 5 aromatic rings. The normalized spacial score (nSPS) is 12.3. The van der Waals surface area contributed by atoms with E-state index in [4.69, 9.17) is 9.64 Å². The van der Waals surface area contributed by atoms with Gasteiger partial charge in [-0.25, -0.2) is 0 Å². The summed E-state index contributed by atoms with van der Waals surface area (Å²) in [6.45, 7) is 2.09. The number of aliphatic hydroxyl groups is 1. The molecular formula is C23H20N2O4. The molecule has 0 bridgehead atoms. The first-order chi connectivity index (χ1) is 14.1. The maximum absolute atomic E-state index is 10.3. The molecule has 6 nitrogen and oxygen atoms in total. The summed E-state index contributed by atoms with van der Waals surface area (Å²) >= 11 is 0. The zero-order valence-electron chi connectivity index (χ0n) is 16.0. The van der Waals surface area contributed by atoms with Crippen molar-refractivity contribution >= 4 is 43.1 Å². The summed E-state index contributed by atoms with van der Waals surface area (Å²) in [5, 5.41) is 22.0. The zero-order chi connectivity index (χ0) is 20.5. The first-order valence-electron chi connectivity index (χ1n) is 9.10. The third-order valence-electron chi connectivity index (χ3n) is 5.42. The van der Waals surface area contributed by atoms with Crippen molar-refractivity contribution in [1.29, 1.82) is 0 Å². The van der Waals surface area contributed by atoms with Crippen LogP contribution >= 0.6 is 0 Å². The number of nitrogens with two attached hydrogens (primary N) is 1. The van der Waals surface area contributed by atoms with Crippen LogP contribution in [-0.4, -0.2) is 12.2 Å². The molecular weight excluding hydrogens is 368 g/mol. The summed E-state index contributed by atoms with van der Waals surface area (Å²) in [7, 11) is 1.53. The number of hydrogen-bond acceptors (Lipinski definition) is 6. The summed E-state index contributed by atoms with van der Waals surface area (Å²) in [5.74, 6) is 4.05. The largest absolute Gasteiger partial charge is 0.364 e. The maximum atomic E-state index is 10.3. The minimum absolute atomic E-state index is 0.826. The molecule has 1 unspecified atom stereocenters. The van der Waals surface area contributed by atoms with Gasteiger partial charge in [-0.15, -0.1) is 10.8 Å². The molecule has 0 saturated heterocycles. The zero-order valence-corrected chi connectivity index (χ0v) is 16.0. The Hall–Kier alpha value is -3.32. The molecule has 0 heterocycles. The molecule has 6 heteroatoms. The molecule has 3 N–H and O–H groups in total. The Morgan fingerprint density at radius 1 is 0.862 bits per heavy atom. The SMILES string of the molecule is COC(O)c1ccc2c3cccc4cccc(c5ccc(C)c1c52)c43.NON=O. The lowest BCUT2D eigenvalue weighted by Gasteiger charge is -2.19. The lowest BCUT2D eigenvalue weighted by molar-refractivity contribution is -0.0758. The van der Waals surface area contributed by atoms with Crippen LogP contribution in [0.25, 0.3) is 43.1 Å². The van der Waals surface area contributed by atoms with E-state index in [1.54, 1.807) is 5.34 Å². The monoisotopic (exact) mass is 388 g/mol. The third kappa shape index (κ3) is 2.94. The van der Waals surface area contributed by atoms with E-state index in [1.165, 1.54) is 44.8 Å². The Labute approximate surface area is 166 Å². The van der Waals surface area contributed by atoms with Crippen LogP contribution < -0.4 is 5.90 Å².